The van der Waals surface area contributed by atoms with Gasteiger partial charge in [-0.05, 0) is 244 Å². The van der Waals surface area contributed by atoms with Crippen LogP contribution in [0.1, 0.15) is 261 Å². The molecule has 21 rings (SSSR count). The second-order valence-electron chi connectivity index (χ2n) is 40.2. The number of hydrogen-bond donors (Lipinski definition) is 4. The van der Waals surface area contributed by atoms with Crippen LogP contribution in [0, 0.1) is 33.5 Å². The number of pyridine rings is 1. The number of carbonyl (C=O) groups is 4. The molecule has 0 atom stereocenters. The molecule has 8 aromatic carbocycles. The number of aryl methyl sites for hydroxylation is 4. The summed E-state index contributed by atoms with van der Waals surface area (Å²) in [4.78, 5) is 81.5. The number of rotatable bonds is 21. The fourth-order valence-electron chi connectivity index (χ4n) is 21.2. The molecule has 1 saturated carbocycles. The second-order valence-corrected chi connectivity index (χ2v) is 40.2. The molecule has 0 bridgehead atoms. The van der Waals surface area contributed by atoms with E-state index >= 15 is 0 Å². The van der Waals surface area contributed by atoms with Crippen LogP contribution in [0.5, 0.6) is 0 Å². The minimum absolute atomic E-state index is 0.189. The lowest BCUT2D eigenvalue weighted by Crippen LogP contribution is -2.44. The number of fused-ring (bicyclic) bond motifs is 2. The van der Waals surface area contributed by atoms with E-state index in [4.69, 9.17) is 44.3 Å². The summed E-state index contributed by atoms with van der Waals surface area (Å²) < 4.78 is 105. The average Bonchev–Trinajstić information content (AvgIpc) is 1.60. The topological polar surface area (TPSA) is 297 Å². The Morgan fingerprint density at radius 2 is 0.748 bits per heavy atom. The van der Waals surface area contributed by atoms with Crippen molar-refractivity contribution in [3.05, 3.63) is 306 Å². The van der Waals surface area contributed by atoms with Gasteiger partial charge in [-0.2, -0.15) is 26.3 Å². The van der Waals surface area contributed by atoms with Gasteiger partial charge in [-0.25, -0.2) is 23.6 Å². The van der Waals surface area contributed by atoms with Gasteiger partial charge in [0.1, 0.15) is 34.0 Å². The Morgan fingerprint density at radius 1 is 0.413 bits per heavy atom. The van der Waals surface area contributed by atoms with Gasteiger partial charge in [0.2, 0.25) is 0 Å². The van der Waals surface area contributed by atoms with Gasteiger partial charge < -0.3 is 53.4 Å². The van der Waals surface area contributed by atoms with E-state index < -0.39 is 58.6 Å². The first-order chi connectivity index (χ1) is 68.3. The van der Waals surface area contributed by atoms with Crippen LogP contribution >= 0.6 is 0 Å². The highest BCUT2D eigenvalue weighted by atomic mass is 19.4. The number of benzene rings is 8. The van der Waals surface area contributed by atoms with E-state index in [-0.39, 0.29) is 33.7 Å². The maximum Gasteiger partial charge on any atom is 0.416 e. The number of nitrogens with zero attached hydrogens (tertiary/aromatic N) is 12. The van der Waals surface area contributed by atoms with Crippen LogP contribution in [-0.4, -0.2) is 181 Å². The Bertz CT molecular complexity index is 6870. The van der Waals surface area contributed by atoms with Gasteiger partial charge in [0.05, 0.1) is 73.0 Å². The Morgan fingerprint density at radius 3 is 1.06 bits per heavy atom. The highest BCUT2D eigenvalue weighted by molar-refractivity contribution is 6.05. The van der Waals surface area contributed by atoms with Crippen molar-refractivity contribution in [3.63, 3.8) is 0 Å². The summed E-state index contributed by atoms with van der Waals surface area (Å²) >= 11 is 0. The molecule has 0 amide bonds. The molecular formula is C111H115F7N12O13. The molecule has 0 unspecified atom stereocenters. The normalized spacial score (nSPS) is 18.2. The zero-order valence-electron chi connectivity index (χ0n) is 81.1. The smallest absolute Gasteiger partial charge is 0.416 e. The van der Waals surface area contributed by atoms with Crippen molar-refractivity contribution in [2.45, 2.75) is 224 Å². The third-order valence-corrected chi connectivity index (χ3v) is 29.5. The first-order valence-electron chi connectivity index (χ1n) is 48.8. The van der Waals surface area contributed by atoms with Crippen LogP contribution in [-0.2, 0) is 57.9 Å². The molecule has 0 radical (unpaired) electrons. The van der Waals surface area contributed by atoms with Gasteiger partial charge in [-0.3, -0.25) is 24.6 Å². The largest absolute Gasteiger partial charge is 0.478 e. The molecule has 746 valence electrons. The molecule has 4 aromatic heterocycles. The van der Waals surface area contributed by atoms with Crippen molar-refractivity contribution >= 4 is 68.5 Å². The molecule has 32 heteroatoms. The van der Waals surface area contributed by atoms with Gasteiger partial charge in [0.15, 0.2) is 0 Å². The molecule has 12 aromatic rings. The van der Waals surface area contributed by atoms with E-state index in [1.54, 1.807) is 129 Å². The van der Waals surface area contributed by atoms with Crippen molar-refractivity contribution in [1.29, 1.82) is 0 Å². The minimum Gasteiger partial charge on any atom is -0.478 e. The molecule has 4 spiro atoms. The molecule has 4 saturated heterocycles. The standard InChI is InChI=1S/C30H35N3O3.C27H26F3N3O4.C27H24F3N3O3.C27H30FN3O3/c1-19(2)33-18-25(26-15-24(21-4-5-21)14-20(3)28(26)33)17-32-12-10-30(11-13-32)16-27(31-36-30)22-6-8-23(9-7-22)29(34)35;1-16-24(17(2)36-31-16)22-8-7-21(27(28,29)30)13-20(22)15-33-11-9-26(10-12-33)14-23(32-37-26)18-3-5-19(6-4-18)25(34)35;28-27(29,30)22-7-8-23(20-2-1-11-31-16-20)21(14-22)17-33-12-9-26(10-13-33)15-24(32-36-26)18-3-5-19(6-4-18)25(34)35;1-17(2)31-16-21(23-13-22(28)12-18(3)25(23)31)15-30-10-8-27(9-11-30)14-24(29-34-27)19-4-6-20(7-5-19)26(32)33/h6-9,14-15,18-19,21H,4-5,10-13,16-17H2,1-3H3,(H,34,35);3-8,13H,9-12,14-15H2,1-2H3,(H,34,35);1-8,11,14,16H,9-10,12-13,15,17H2,(H,34,35);4-7,12-13,16-17H,8-11,14-15H2,1-3H3,(H,32,33). The first kappa shape index (κ1) is 99.5. The lowest BCUT2D eigenvalue weighted by atomic mass is 9.85. The van der Waals surface area contributed by atoms with Crippen molar-refractivity contribution in [2.75, 3.05) is 52.4 Å². The molecule has 143 heavy (non-hydrogen) atoms. The van der Waals surface area contributed by atoms with E-state index in [1.165, 1.54) is 64.7 Å². The SMILES string of the molecule is Cc1cc(C2CC2)cc2c(CN3CCC4(CC3)CC(c3ccc(C(=O)O)cc3)=NO4)cn(C(C)C)c12.Cc1cc(F)cc2c(CN3CCC4(CC3)CC(c3ccc(C(=O)O)cc3)=NO4)cn(C(C)C)c12.Cc1noc(C)c1-c1ccc(C(F)(F)F)cc1CN1CCC2(CC1)CC(c1ccc(C(=O)O)cc1)=NO2.O=C(O)c1ccc(C2=NOC3(CCN(Cc4cc(C(F)(F)F)ccc4-c4cccnc4)CC3)C2)cc1. The van der Waals surface area contributed by atoms with Crippen LogP contribution in [0.3, 0.4) is 0 Å². The highest BCUT2D eigenvalue weighted by Gasteiger charge is 2.48. The van der Waals surface area contributed by atoms with Crippen molar-refractivity contribution in [3.8, 4) is 22.3 Å². The maximum absolute atomic E-state index is 14.2. The number of likely N-dealkylation sites (tertiary alicyclic amines) is 4. The van der Waals surface area contributed by atoms with E-state index in [1.807, 2.05) is 25.1 Å². The monoisotopic (exact) mass is 1960 g/mol. The summed E-state index contributed by atoms with van der Waals surface area (Å²) in [7, 11) is 0. The predicted octanol–water partition coefficient (Wildman–Crippen LogP) is 23.3. The molecular weight excluding hydrogens is 1840 g/mol. The van der Waals surface area contributed by atoms with Crippen molar-refractivity contribution in [1.82, 2.24) is 38.9 Å². The summed E-state index contributed by atoms with van der Waals surface area (Å²) in [5.41, 5.74) is 18.7. The molecule has 12 heterocycles. The van der Waals surface area contributed by atoms with Gasteiger partial charge in [0.25, 0.3) is 0 Å². The number of carboxylic acids is 4. The quantitative estimate of drug-likeness (QED) is 0.0486. The Hall–Kier alpha value is -13.7. The van der Waals surface area contributed by atoms with Gasteiger partial charge >= 0.3 is 36.2 Å². The number of hydrogen-bond acceptors (Lipinski definition) is 19. The molecule has 8 aliphatic heterocycles. The number of oxime groups is 4. The number of alkyl halides is 6. The second kappa shape index (κ2) is 40.6. The van der Waals surface area contributed by atoms with Crippen LogP contribution in [0.4, 0.5) is 30.7 Å². The van der Waals surface area contributed by atoms with Crippen LogP contribution < -0.4 is 0 Å². The van der Waals surface area contributed by atoms with Crippen LogP contribution in [0.25, 0.3) is 44.1 Å². The van der Waals surface area contributed by atoms with Crippen LogP contribution in [0.15, 0.2) is 220 Å². The molecule has 1 aliphatic carbocycles. The molecule has 25 nitrogen and oxygen atoms in total. The van der Waals surface area contributed by atoms with E-state index in [0.717, 1.165) is 180 Å². The van der Waals surface area contributed by atoms with Crippen molar-refractivity contribution < 1.29 is 94.2 Å². The lowest BCUT2D eigenvalue weighted by molar-refractivity contribution is -0.138. The number of aromatic carboxylic acids is 4. The molecule has 9 aliphatic rings. The lowest BCUT2D eigenvalue weighted by Gasteiger charge is -2.37. The molecule has 5 fully saturated rings. The molecule has 4 N–H and O–H groups in total. The van der Waals surface area contributed by atoms with Gasteiger partial charge in [-0.1, -0.05) is 98.6 Å². The number of aromatic nitrogens is 4. The summed E-state index contributed by atoms with van der Waals surface area (Å²) in [6.45, 7) is 25.4. The third kappa shape index (κ3) is 22.1. The van der Waals surface area contributed by atoms with Crippen LogP contribution in [0.2, 0.25) is 0 Å². The van der Waals surface area contributed by atoms with E-state index in [9.17, 15) is 49.9 Å². The van der Waals surface area contributed by atoms with Gasteiger partial charge in [-0.15, -0.1) is 0 Å². The average molecular weight is 1960 g/mol. The summed E-state index contributed by atoms with van der Waals surface area (Å²) in [6.07, 6.45) is 10.7. The number of halogens is 7. The van der Waals surface area contributed by atoms with Crippen molar-refractivity contribution in [2.24, 2.45) is 20.6 Å². The van der Waals surface area contributed by atoms with E-state index in [2.05, 4.69) is 119 Å². The summed E-state index contributed by atoms with van der Waals surface area (Å²) in [5, 5.41) is 60.2. The maximum atomic E-state index is 14.2. The van der Waals surface area contributed by atoms with E-state index in [0.29, 0.717) is 124 Å². The zero-order valence-corrected chi connectivity index (χ0v) is 81.1. The zero-order chi connectivity index (χ0) is 101. The third-order valence-electron chi connectivity index (χ3n) is 29.5. The fraction of sp³-hybridized carbons (Fsp3) is 0.387. The highest BCUT2D eigenvalue weighted by Crippen LogP contribution is 2.48. The summed E-state index contributed by atoms with van der Waals surface area (Å²) in [6, 6.07) is 47.0. The first-order valence-corrected chi connectivity index (χ1v) is 48.8. The van der Waals surface area contributed by atoms with Gasteiger partial charge in [0, 0.05) is 214 Å². The summed E-state index contributed by atoms with van der Waals surface area (Å²) in [5.74, 6) is -2.69. The Balaban J connectivity index is 0.000000126. The minimum atomic E-state index is -4.44. The predicted molar refractivity (Wildman–Crippen MR) is 529 cm³/mol. The fourth-order valence-corrected chi connectivity index (χ4v) is 21.2. The number of piperidine rings is 4. The number of carboxylic acid groups (broad SMARTS) is 4. The Labute approximate surface area is 823 Å². The Kier molecular flexibility index (Phi) is 28.2.